The Labute approximate surface area is 142 Å². The maximum absolute atomic E-state index is 12.8. The van der Waals surface area contributed by atoms with Crippen LogP contribution in [-0.2, 0) is 24.1 Å². The Morgan fingerprint density at radius 3 is 2.48 bits per heavy atom. The fraction of sp³-hybridized carbons (Fsp3) is 0.444. The van der Waals surface area contributed by atoms with Gasteiger partial charge in [-0.2, -0.15) is 5.10 Å². The van der Waals surface area contributed by atoms with E-state index in [0.29, 0.717) is 6.54 Å². The van der Waals surface area contributed by atoms with Gasteiger partial charge in [0.25, 0.3) is 0 Å². The van der Waals surface area contributed by atoms with Crippen molar-refractivity contribution in [2.75, 3.05) is 0 Å². The second-order valence-electron chi connectivity index (χ2n) is 6.02. The lowest BCUT2D eigenvalue weighted by molar-refractivity contribution is -0.132. The van der Waals surface area contributed by atoms with Crippen molar-refractivity contribution in [3.8, 4) is 0 Å². The van der Waals surface area contributed by atoms with Gasteiger partial charge in [-0.05, 0) is 26.3 Å². The highest BCUT2D eigenvalue weighted by atomic mass is 32.2. The Bertz CT molecular complexity index is 624. The number of rotatable bonds is 7. The van der Waals surface area contributed by atoms with Crippen LogP contribution in [0.3, 0.4) is 0 Å². The zero-order valence-corrected chi connectivity index (χ0v) is 15.1. The molecule has 2 aromatic rings. The number of thioether (sulfide) groups is 1. The third-order valence-electron chi connectivity index (χ3n) is 3.71. The molecule has 0 radical (unpaired) electrons. The molecule has 5 heteroatoms. The van der Waals surface area contributed by atoms with Crippen molar-refractivity contribution in [1.29, 1.82) is 0 Å². The van der Waals surface area contributed by atoms with Crippen LogP contribution in [0.4, 0.5) is 0 Å². The van der Waals surface area contributed by atoms with Crippen LogP contribution in [0, 0.1) is 0 Å². The summed E-state index contributed by atoms with van der Waals surface area (Å²) in [6.07, 6.45) is 3.79. The van der Waals surface area contributed by atoms with Crippen molar-refractivity contribution in [2.24, 2.45) is 7.05 Å². The molecule has 23 heavy (non-hydrogen) atoms. The van der Waals surface area contributed by atoms with E-state index in [4.69, 9.17) is 0 Å². The maximum Gasteiger partial charge on any atom is 0.235 e. The third kappa shape index (κ3) is 5.13. The summed E-state index contributed by atoms with van der Waals surface area (Å²) in [7, 11) is 1.89. The summed E-state index contributed by atoms with van der Waals surface area (Å²) in [5.74, 6) is 1.04. The SMILES string of the molecule is CC(C)N(Cc1cnn(C)c1)C(=O)[C@@H](C)SCc1ccccc1. The third-order valence-corrected chi connectivity index (χ3v) is 4.91. The molecule has 0 saturated heterocycles. The molecule has 0 unspecified atom stereocenters. The number of carbonyl (C=O) groups is 1. The van der Waals surface area contributed by atoms with Gasteiger partial charge in [0.05, 0.1) is 11.4 Å². The number of nitrogens with zero attached hydrogens (tertiary/aromatic N) is 3. The van der Waals surface area contributed by atoms with Crippen molar-refractivity contribution >= 4 is 17.7 Å². The van der Waals surface area contributed by atoms with Gasteiger partial charge in [0, 0.05) is 37.1 Å². The van der Waals surface area contributed by atoms with Gasteiger partial charge in [0.1, 0.15) is 0 Å². The predicted octanol–water partition coefficient (Wildman–Crippen LogP) is 3.48. The number of aromatic nitrogens is 2. The average molecular weight is 331 g/mol. The van der Waals surface area contributed by atoms with E-state index in [2.05, 4.69) is 31.1 Å². The largest absolute Gasteiger partial charge is 0.335 e. The van der Waals surface area contributed by atoms with Crippen LogP contribution in [0.2, 0.25) is 0 Å². The topological polar surface area (TPSA) is 38.1 Å². The highest BCUT2D eigenvalue weighted by Crippen LogP contribution is 2.21. The summed E-state index contributed by atoms with van der Waals surface area (Å²) in [4.78, 5) is 14.7. The van der Waals surface area contributed by atoms with Crippen LogP contribution < -0.4 is 0 Å². The van der Waals surface area contributed by atoms with E-state index < -0.39 is 0 Å². The van der Waals surface area contributed by atoms with Crippen LogP contribution in [-0.4, -0.2) is 31.9 Å². The number of amides is 1. The van der Waals surface area contributed by atoms with E-state index in [1.54, 1.807) is 16.4 Å². The van der Waals surface area contributed by atoms with Gasteiger partial charge in [0.2, 0.25) is 5.91 Å². The van der Waals surface area contributed by atoms with Crippen LogP contribution >= 0.6 is 11.8 Å². The number of benzene rings is 1. The molecule has 1 aromatic carbocycles. The standard InChI is InChI=1S/C18H25N3OS/c1-14(2)21(12-17-10-19-20(4)11-17)18(22)15(3)23-13-16-8-6-5-7-9-16/h5-11,14-15H,12-13H2,1-4H3/t15-/m1/s1. The summed E-state index contributed by atoms with van der Waals surface area (Å²) in [5, 5.41) is 4.12. The van der Waals surface area contributed by atoms with Crippen LogP contribution in [0.15, 0.2) is 42.7 Å². The number of hydrogen-bond acceptors (Lipinski definition) is 3. The van der Waals surface area contributed by atoms with E-state index in [-0.39, 0.29) is 17.2 Å². The Morgan fingerprint density at radius 1 is 1.22 bits per heavy atom. The first-order valence-electron chi connectivity index (χ1n) is 7.91. The van der Waals surface area contributed by atoms with E-state index in [9.17, 15) is 4.79 Å². The van der Waals surface area contributed by atoms with Crippen LogP contribution in [0.5, 0.6) is 0 Å². The molecule has 0 bridgehead atoms. The highest BCUT2D eigenvalue weighted by Gasteiger charge is 2.23. The molecule has 1 amide bonds. The lowest BCUT2D eigenvalue weighted by atomic mass is 10.2. The Hall–Kier alpha value is -1.75. The normalized spacial score (nSPS) is 12.4. The van der Waals surface area contributed by atoms with Crippen LogP contribution in [0.1, 0.15) is 31.9 Å². The van der Waals surface area contributed by atoms with E-state index >= 15 is 0 Å². The second kappa shape index (κ2) is 8.20. The monoisotopic (exact) mass is 331 g/mol. The summed E-state index contributed by atoms with van der Waals surface area (Å²) in [6, 6.07) is 10.4. The minimum absolute atomic E-state index is 0.0609. The fourth-order valence-electron chi connectivity index (χ4n) is 2.37. The molecular weight excluding hydrogens is 306 g/mol. The van der Waals surface area contributed by atoms with E-state index in [1.165, 1.54) is 5.56 Å². The second-order valence-corrected chi connectivity index (χ2v) is 7.35. The first-order chi connectivity index (χ1) is 11.0. The van der Waals surface area contributed by atoms with Crippen molar-refractivity contribution in [2.45, 2.75) is 44.4 Å². The minimum Gasteiger partial charge on any atom is -0.335 e. The molecule has 1 aromatic heterocycles. The lowest BCUT2D eigenvalue weighted by Crippen LogP contribution is -2.40. The van der Waals surface area contributed by atoms with Crippen LogP contribution in [0.25, 0.3) is 0 Å². The zero-order valence-electron chi connectivity index (χ0n) is 14.3. The molecule has 0 spiro atoms. The number of aryl methyl sites for hydroxylation is 1. The molecule has 0 aliphatic carbocycles. The van der Waals surface area contributed by atoms with Gasteiger partial charge in [0.15, 0.2) is 0 Å². The van der Waals surface area contributed by atoms with Gasteiger partial charge < -0.3 is 4.90 Å². The molecule has 1 heterocycles. The molecule has 1 atom stereocenters. The molecule has 0 N–H and O–H groups in total. The Balaban J connectivity index is 1.96. The van der Waals surface area contributed by atoms with Gasteiger partial charge in [-0.3, -0.25) is 9.48 Å². The minimum atomic E-state index is -0.0609. The van der Waals surface area contributed by atoms with Gasteiger partial charge in [-0.1, -0.05) is 30.3 Å². The highest BCUT2D eigenvalue weighted by molar-refractivity contribution is 7.99. The van der Waals surface area contributed by atoms with Gasteiger partial charge >= 0.3 is 0 Å². The first kappa shape index (κ1) is 17.6. The Morgan fingerprint density at radius 2 is 1.91 bits per heavy atom. The number of carbonyl (C=O) groups excluding carboxylic acids is 1. The fourth-order valence-corrected chi connectivity index (χ4v) is 3.28. The van der Waals surface area contributed by atoms with Crippen molar-refractivity contribution in [3.63, 3.8) is 0 Å². The summed E-state index contributed by atoms with van der Waals surface area (Å²) in [5.41, 5.74) is 2.32. The lowest BCUT2D eigenvalue weighted by Gasteiger charge is -2.29. The zero-order chi connectivity index (χ0) is 16.8. The predicted molar refractivity (Wildman–Crippen MR) is 96.1 cm³/mol. The summed E-state index contributed by atoms with van der Waals surface area (Å²) >= 11 is 1.69. The smallest absolute Gasteiger partial charge is 0.235 e. The molecule has 0 aliphatic rings. The van der Waals surface area contributed by atoms with E-state index in [1.807, 2.05) is 49.5 Å². The molecule has 0 fully saturated rings. The molecule has 4 nitrogen and oxygen atoms in total. The summed E-state index contributed by atoms with van der Waals surface area (Å²) in [6.45, 7) is 6.72. The molecular formula is C18H25N3OS. The van der Waals surface area contributed by atoms with Crippen molar-refractivity contribution in [1.82, 2.24) is 14.7 Å². The quantitative estimate of drug-likeness (QED) is 0.779. The summed E-state index contributed by atoms with van der Waals surface area (Å²) < 4.78 is 1.77. The molecule has 0 saturated carbocycles. The van der Waals surface area contributed by atoms with Crippen molar-refractivity contribution < 1.29 is 4.79 Å². The number of hydrogen-bond donors (Lipinski definition) is 0. The van der Waals surface area contributed by atoms with Gasteiger partial charge in [-0.15, -0.1) is 11.8 Å². The Kier molecular flexibility index (Phi) is 6.28. The molecule has 2 rings (SSSR count). The van der Waals surface area contributed by atoms with Gasteiger partial charge in [-0.25, -0.2) is 0 Å². The molecule has 124 valence electrons. The maximum atomic E-state index is 12.8. The first-order valence-corrected chi connectivity index (χ1v) is 8.95. The van der Waals surface area contributed by atoms with E-state index in [0.717, 1.165) is 11.3 Å². The van der Waals surface area contributed by atoms with Crippen molar-refractivity contribution in [3.05, 3.63) is 53.9 Å². The average Bonchev–Trinajstić information content (AvgIpc) is 2.95. The molecule has 0 aliphatic heterocycles.